The molecule has 0 saturated heterocycles. The van der Waals surface area contributed by atoms with Crippen LogP contribution >= 0.6 is 11.3 Å². The van der Waals surface area contributed by atoms with Gasteiger partial charge in [0.05, 0.1) is 24.2 Å². The minimum atomic E-state index is -0.662. The van der Waals surface area contributed by atoms with E-state index < -0.39 is 12.1 Å². The first-order chi connectivity index (χ1) is 13.1. The summed E-state index contributed by atoms with van der Waals surface area (Å²) in [5.41, 5.74) is 6.95. The van der Waals surface area contributed by atoms with Gasteiger partial charge in [0.25, 0.3) is 0 Å². The summed E-state index contributed by atoms with van der Waals surface area (Å²) in [6.45, 7) is 0. The van der Waals surface area contributed by atoms with Gasteiger partial charge in [0, 0.05) is 11.1 Å². The molecule has 0 radical (unpaired) electrons. The number of urea groups is 1. The molecule has 0 spiro atoms. The first kappa shape index (κ1) is 18.6. The second kappa shape index (κ2) is 8.95. The molecule has 7 heteroatoms. The molecule has 2 atom stereocenters. The van der Waals surface area contributed by atoms with Gasteiger partial charge in [-0.1, -0.05) is 42.5 Å². The summed E-state index contributed by atoms with van der Waals surface area (Å²) in [4.78, 5) is 29.3. The van der Waals surface area contributed by atoms with E-state index in [1.54, 1.807) is 6.20 Å². The maximum absolute atomic E-state index is 12.8. The van der Waals surface area contributed by atoms with Crippen LogP contribution in [0.4, 0.5) is 4.79 Å². The number of benzene rings is 1. The second-order valence-electron chi connectivity index (χ2n) is 5.95. The Labute approximate surface area is 161 Å². The number of carbonyl (C=O) groups is 2. The highest BCUT2D eigenvalue weighted by atomic mass is 32.1. The summed E-state index contributed by atoms with van der Waals surface area (Å²) in [5, 5.41) is 7.56. The number of pyridine rings is 1. The molecule has 0 saturated carbocycles. The van der Waals surface area contributed by atoms with Crippen molar-refractivity contribution in [1.82, 2.24) is 15.6 Å². The Morgan fingerprint density at radius 3 is 2.41 bits per heavy atom. The zero-order valence-electron chi connectivity index (χ0n) is 14.5. The van der Waals surface area contributed by atoms with Gasteiger partial charge in [0.1, 0.15) is 0 Å². The molecule has 3 rings (SSSR count). The molecule has 138 valence electrons. The van der Waals surface area contributed by atoms with Gasteiger partial charge in [0.2, 0.25) is 5.91 Å². The molecule has 4 N–H and O–H groups in total. The standard InChI is InChI=1S/C20H20N4O2S/c21-20(26)23-16(17-10-6-12-27-17)13-18(25)24-19(14-7-2-1-3-8-14)15-9-4-5-11-22-15/h1-12,16,19H,13H2,(H,24,25)(H3,21,23,26). The predicted molar refractivity (Wildman–Crippen MR) is 105 cm³/mol. The van der Waals surface area contributed by atoms with Crippen LogP contribution in [0.1, 0.15) is 34.6 Å². The Morgan fingerprint density at radius 1 is 1.00 bits per heavy atom. The smallest absolute Gasteiger partial charge is 0.312 e. The molecule has 27 heavy (non-hydrogen) atoms. The summed E-state index contributed by atoms with van der Waals surface area (Å²) >= 11 is 1.46. The maximum Gasteiger partial charge on any atom is 0.312 e. The zero-order chi connectivity index (χ0) is 19.1. The molecule has 2 aromatic heterocycles. The Kier molecular flexibility index (Phi) is 6.17. The third kappa shape index (κ3) is 5.15. The monoisotopic (exact) mass is 380 g/mol. The van der Waals surface area contributed by atoms with E-state index in [0.29, 0.717) is 0 Å². The highest BCUT2D eigenvalue weighted by Crippen LogP contribution is 2.24. The van der Waals surface area contributed by atoms with E-state index in [0.717, 1.165) is 16.1 Å². The molecule has 2 unspecified atom stereocenters. The van der Waals surface area contributed by atoms with Gasteiger partial charge in [-0.3, -0.25) is 9.78 Å². The van der Waals surface area contributed by atoms with Crippen LogP contribution in [-0.2, 0) is 4.79 Å². The quantitative estimate of drug-likeness (QED) is 0.587. The summed E-state index contributed by atoms with van der Waals surface area (Å²) in [6, 6.07) is 17.5. The molecule has 1 aromatic carbocycles. The third-order valence-corrected chi connectivity index (χ3v) is 5.00. The van der Waals surface area contributed by atoms with Crippen molar-refractivity contribution in [2.24, 2.45) is 5.73 Å². The molecule has 0 aliphatic heterocycles. The van der Waals surface area contributed by atoms with Gasteiger partial charge in [0.15, 0.2) is 0 Å². The minimum Gasteiger partial charge on any atom is -0.352 e. The van der Waals surface area contributed by atoms with Crippen molar-refractivity contribution in [3.8, 4) is 0 Å². The second-order valence-corrected chi connectivity index (χ2v) is 6.93. The first-order valence-corrected chi connectivity index (χ1v) is 9.36. The van der Waals surface area contributed by atoms with Crippen molar-refractivity contribution in [3.05, 3.63) is 88.4 Å². The lowest BCUT2D eigenvalue weighted by Crippen LogP contribution is -2.37. The Morgan fingerprint density at radius 2 is 1.78 bits per heavy atom. The van der Waals surface area contributed by atoms with Crippen LogP contribution in [0.2, 0.25) is 0 Å². The molecule has 0 bridgehead atoms. The fraction of sp³-hybridized carbons (Fsp3) is 0.150. The summed E-state index contributed by atoms with van der Waals surface area (Å²) in [5.74, 6) is -0.207. The number of carbonyl (C=O) groups excluding carboxylic acids is 2. The van der Waals surface area contributed by atoms with Crippen molar-refractivity contribution in [2.45, 2.75) is 18.5 Å². The Bertz CT molecular complexity index is 830. The number of primary amides is 1. The van der Waals surface area contributed by atoms with E-state index in [4.69, 9.17) is 5.73 Å². The molecular weight excluding hydrogens is 360 g/mol. The number of aromatic nitrogens is 1. The number of nitrogens with zero attached hydrogens (tertiary/aromatic N) is 1. The number of hydrogen-bond acceptors (Lipinski definition) is 4. The first-order valence-electron chi connectivity index (χ1n) is 8.48. The predicted octanol–water partition coefficient (Wildman–Crippen LogP) is 3.15. The largest absolute Gasteiger partial charge is 0.352 e. The SMILES string of the molecule is NC(=O)NC(CC(=O)NC(c1ccccc1)c1ccccn1)c1cccs1. The maximum atomic E-state index is 12.8. The van der Waals surface area contributed by atoms with E-state index in [-0.39, 0.29) is 18.4 Å². The van der Waals surface area contributed by atoms with Crippen LogP contribution < -0.4 is 16.4 Å². The highest BCUT2D eigenvalue weighted by molar-refractivity contribution is 7.10. The number of rotatable bonds is 7. The summed E-state index contributed by atoms with van der Waals surface area (Å²) < 4.78 is 0. The van der Waals surface area contributed by atoms with Crippen molar-refractivity contribution in [3.63, 3.8) is 0 Å². The van der Waals surface area contributed by atoms with Crippen LogP contribution in [0.25, 0.3) is 0 Å². The molecule has 6 nitrogen and oxygen atoms in total. The molecule has 0 fully saturated rings. The van der Waals surface area contributed by atoms with Gasteiger partial charge < -0.3 is 16.4 Å². The highest BCUT2D eigenvalue weighted by Gasteiger charge is 2.22. The molecule has 3 aromatic rings. The molecule has 3 amide bonds. The van der Waals surface area contributed by atoms with Crippen LogP contribution in [0.5, 0.6) is 0 Å². The molecule has 2 heterocycles. The van der Waals surface area contributed by atoms with Crippen LogP contribution in [0.15, 0.2) is 72.2 Å². The number of nitrogens with one attached hydrogen (secondary N) is 2. The zero-order valence-corrected chi connectivity index (χ0v) is 15.4. The number of thiophene rings is 1. The van der Waals surface area contributed by atoms with Crippen LogP contribution in [0.3, 0.4) is 0 Å². The summed E-state index contributed by atoms with van der Waals surface area (Å²) in [7, 11) is 0. The average molecular weight is 380 g/mol. The topological polar surface area (TPSA) is 97.1 Å². The van der Waals surface area contributed by atoms with Gasteiger partial charge in [-0.2, -0.15) is 0 Å². The molecule has 0 aliphatic rings. The summed E-state index contributed by atoms with van der Waals surface area (Å²) in [6.07, 6.45) is 1.78. The van der Waals surface area contributed by atoms with E-state index in [1.807, 2.05) is 66.0 Å². The average Bonchev–Trinajstić information content (AvgIpc) is 3.21. The van der Waals surface area contributed by atoms with Gasteiger partial charge in [-0.25, -0.2) is 4.79 Å². The number of amides is 3. The van der Waals surface area contributed by atoms with Crippen molar-refractivity contribution < 1.29 is 9.59 Å². The van der Waals surface area contributed by atoms with Gasteiger partial charge in [-0.15, -0.1) is 11.3 Å². The van der Waals surface area contributed by atoms with Gasteiger partial charge >= 0.3 is 6.03 Å². The minimum absolute atomic E-state index is 0.0830. The van der Waals surface area contributed by atoms with Crippen LogP contribution in [0, 0.1) is 0 Å². The fourth-order valence-electron chi connectivity index (χ4n) is 2.81. The van der Waals surface area contributed by atoms with Crippen LogP contribution in [-0.4, -0.2) is 16.9 Å². The number of nitrogens with two attached hydrogens (primary N) is 1. The van der Waals surface area contributed by atoms with Crippen molar-refractivity contribution in [2.75, 3.05) is 0 Å². The lowest BCUT2D eigenvalue weighted by Gasteiger charge is -2.21. The fourth-order valence-corrected chi connectivity index (χ4v) is 3.59. The normalized spacial score (nSPS) is 12.7. The van der Waals surface area contributed by atoms with Gasteiger partial charge in [-0.05, 0) is 29.1 Å². The lowest BCUT2D eigenvalue weighted by atomic mass is 10.0. The van der Waals surface area contributed by atoms with E-state index >= 15 is 0 Å². The molecular formula is C20H20N4O2S. The third-order valence-electron chi connectivity index (χ3n) is 4.01. The van der Waals surface area contributed by atoms with E-state index in [1.165, 1.54) is 11.3 Å². The van der Waals surface area contributed by atoms with Crippen molar-refractivity contribution >= 4 is 23.3 Å². The molecule has 0 aliphatic carbocycles. The van der Waals surface area contributed by atoms with E-state index in [2.05, 4.69) is 15.6 Å². The lowest BCUT2D eigenvalue weighted by molar-refractivity contribution is -0.122. The number of hydrogen-bond donors (Lipinski definition) is 3. The Balaban J connectivity index is 1.79. The Hall–Kier alpha value is -3.19. The van der Waals surface area contributed by atoms with Crippen molar-refractivity contribution in [1.29, 1.82) is 0 Å². The van der Waals surface area contributed by atoms with E-state index in [9.17, 15) is 9.59 Å².